The molecule has 4 nitrogen and oxygen atoms in total. The molecule has 160 valence electrons. The van der Waals surface area contributed by atoms with Crippen LogP contribution in [0.3, 0.4) is 0 Å². The standard InChI is InChI=1S/C24H34N2O2.ClH/c1-2-25-7-9-26(10-8-25)23(27)17-28-22-5-3-21(4-6-22)24-14-18-11-19(15-24)13-20(12-18)16-24;/h3-6,18-20H,2,7-17H2,1H3;1H. The molecule has 0 aromatic heterocycles. The molecule has 1 aliphatic heterocycles. The fraction of sp³-hybridized carbons (Fsp3) is 0.708. The van der Waals surface area contributed by atoms with E-state index in [1.807, 2.05) is 4.90 Å². The van der Waals surface area contributed by atoms with Crippen molar-refractivity contribution in [3.05, 3.63) is 29.8 Å². The van der Waals surface area contributed by atoms with Crippen LogP contribution in [0.4, 0.5) is 0 Å². The molecule has 29 heavy (non-hydrogen) atoms. The Labute approximate surface area is 181 Å². The van der Waals surface area contributed by atoms with Crippen molar-refractivity contribution >= 4 is 18.3 Å². The van der Waals surface area contributed by atoms with Gasteiger partial charge in [0, 0.05) is 26.2 Å². The fourth-order valence-corrected chi connectivity index (χ4v) is 6.92. The van der Waals surface area contributed by atoms with Crippen LogP contribution in [0, 0.1) is 17.8 Å². The number of amides is 1. The number of nitrogens with zero attached hydrogens (tertiary/aromatic N) is 2. The molecule has 4 bridgehead atoms. The molecule has 1 saturated heterocycles. The molecule has 5 aliphatic rings. The zero-order valence-electron chi connectivity index (χ0n) is 17.6. The minimum Gasteiger partial charge on any atom is -0.484 e. The van der Waals surface area contributed by atoms with Gasteiger partial charge in [-0.15, -0.1) is 12.4 Å². The first kappa shape index (κ1) is 21.0. The van der Waals surface area contributed by atoms with Gasteiger partial charge in [-0.1, -0.05) is 19.1 Å². The van der Waals surface area contributed by atoms with Crippen molar-refractivity contribution in [1.82, 2.24) is 9.80 Å². The van der Waals surface area contributed by atoms with E-state index in [2.05, 4.69) is 36.1 Å². The monoisotopic (exact) mass is 418 g/mol. The van der Waals surface area contributed by atoms with Crippen molar-refractivity contribution in [1.29, 1.82) is 0 Å². The third kappa shape index (κ3) is 4.16. The Morgan fingerprint density at radius 2 is 1.52 bits per heavy atom. The number of likely N-dealkylation sites (N-methyl/N-ethyl adjacent to an activating group) is 1. The number of piperazine rings is 1. The zero-order chi connectivity index (χ0) is 19.1. The second kappa shape index (κ2) is 8.47. The first-order valence-electron chi connectivity index (χ1n) is 11.4. The first-order valence-corrected chi connectivity index (χ1v) is 11.4. The summed E-state index contributed by atoms with van der Waals surface area (Å²) in [5.74, 6) is 3.84. The first-order chi connectivity index (χ1) is 13.6. The van der Waals surface area contributed by atoms with Gasteiger partial charge in [-0.05, 0) is 85.9 Å². The predicted molar refractivity (Wildman–Crippen MR) is 118 cm³/mol. The van der Waals surface area contributed by atoms with Crippen LogP contribution in [0.15, 0.2) is 24.3 Å². The average Bonchev–Trinajstić information content (AvgIpc) is 2.71. The van der Waals surface area contributed by atoms with Crippen LogP contribution < -0.4 is 4.74 Å². The molecule has 5 fully saturated rings. The molecule has 1 aromatic carbocycles. The van der Waals surface area contributed by atoms with Crippen LogP contribution in [0.25, 0.3) is 0 Å². The Bertz CT molecular complexity index is 677. The highest BCUT2D eigenvalue weighted by atomic mass is 35.5. The van der Waals surface area contributed by atoms with E-state index in [-0.39, 0.29) is 24.9 Å². The molecular weight excluding hydrogens is 384 g/mol. The topological polar surface area (TPSA) is 32.8 Å². The van der Waals surface area contributed by atoms with E-state index in [1.165, 1.54) is 44.1 Å². The molecule has 1 aromatic rings. The van der Waals surface area contributed by atoms with Gasteiger partial charge < -0.3 is 14.5 Å². The van der Waals surface area contributed by atoms with Gasteiger partial charge in [0.25, 0.3) is 5.91 Å². The van der Waals surface area contributed by atoms with Gasteiger partial charge in [0.05, 0.1) is 0 Å². The Balaban J connectivity index is 0.00000205. The van der Waals surface area contributed by atoms with Crippen molar-refractivity contribution in [2.75, 3.05) is 39.3 Å². The van der Waals surface area contributed by atoms with Crippen LogP contribution in [0.5, 0.6) is 5.75 Å². The van der Waals surface area contributed by atoms with E-state index in [9.17, 15) is 4.79 Å². The Morgan fingerprint density at radius 3 is 2.03 bits per heavy atom. The van der Waals surface area contributed by atoms with Gasteiger partial charge in [-0.3, -0.25) is 4.79 Å². The second-order valence-electron chi connectivity index (χ2n) is 9.83. The van der Waals surface area contributed by atoms with E-state index in [4.69, 9.17) is 4.74 Å². The number of rotatable bonds is 5. The number of halogens is 1. The molecule has 4 saturated carbocycles. The summed E-state index contributed by atoms with van der Waals surface area (Å²) in [6.45, 7) is 6.98. The molecule has 5 heteroatoms. The van der Waals surface area contributed by atoms with Crippen molar-refractivity contribution < 1.29 is 9.53 Å². The Morgan fingerprint density at radius 1 is 0.966 bits per heavy atom. The summed E-state index contributed by atoms with van der Waals surface area (Å²) in [7, 11) is 0. The van der Waals surface area contributed by atoms with Crippen LogP contribution >= 0.6 is 12.4 Å². The summed E-state index contributed by atoms with van der Waals surface area (Å²) in [6.07, 6.45) is 8.61. The van der Waals surface area contributed by atoms with Gasteiger partial charge in [-0.2, -0.15) is 0 Å². The summed E-state index contributed by atoms with van der Waals surface area (Å²) in [5, 5.41) is 0. The van der Waals surface area contributed by atoms with Gasteiger partial charge in [0.15, 0.2) is 6.61 Å². The summed E-state index contributed by atoms with van der Waals surface area (Å²) >= 11 is 0. The van der Waals surface area contributed by atoms with Gasteiger partial charge >= 0.3 is 0 Å². The molecule has 1 heterocycles. The third-order valence-electron chi connectivity index (χ3n) is 8.04. The number of carbonyl (C=O) groups is 1. The maximum Gasteiger partial charge on any atom is 0.260 e. The quantitative estimate of drug-likeness (QED) is 0.721. The van der Waals surface area contributed by atoms with E-state index in [0.29, 0.717) is 5.41 Å². The number of hydrogen-bond donors (Lipinski definition) is 0. The number of benzene rings is 1. The molecule has 1 amide bonds. The van der Waals surface area contributed by atoms with E-state index in [1.54, 1.807) is 0 Å². The molecule has 0 spiro atoms. The van der Waals surface area contributed by atoms with Gasteiger partial charge in [0.1, 0.15) is 5.75 Å². The third-order valence-corrected chi connectivity index (χ3v) is 8.04. The number of hydrogen-bond acceptors (Lipinski definition) is 3. The number of carbonyl (C=O) groups excluding carboxylic acids is 1. The summed E-state index contributed by atoms with van der Waals surface area (Å²) in [6, 6.07) is 8.76. The van der Waals surface area contributed by atoms with E-state index < -0.39 is 0 Å². The number of ether oxygens (including phenoxy) is 1. The molecule has 0 unspecified atom stereocenters. The van der Waals surface area contributed by atoms with E-state index in [0.717, 1.165) is 56.2 Å². The zero-order valence-corrected chi connectivity index (χ0v) is 18.5. The lowest BCUT2D eigenvalue weighted by molar-refractivity contribution is -0.135. The maximum absolute atomic E-state index is 12.4. The molecular formula is C24H35ClN2O2. The Kier molecular flexibility index (Phi) is 6.13. The lowest BCUT2D eigenvalue weighted by Crippen LogP contribution is -2.49. The van der Waals surface area contributed by atoms with E-state index >= 15 is 0 Å². The van der Waals surface area contributed by atoms with Crippen molar-refractivity contribution in [3.8, 4) is 5.75 Å². The summed E-state index contributed by atoms with van der Waals surface area (Å²) < 4.78 is 5.84. The van der Waals surface area contributed by atoms with Gasteiger partial charge in [-0.25, -0.2) is 0 Å². The SMILES string of the molecule is CCN1CCN(C(=O)COc2ccc(C34CC5CC(CC(C5)C3)C4)cc2)CC1.Cl. The molecule has 4 aliphatic carbocycles. The largest absolute Gasteiger partial charge is 0.484 e. The minimum atomic E-state index is 0. The van der Waals surface area contributed by atoms with Crippen molar-refractivity contribution in [2.45, 2.75) is 50.9 Å². The minimum absolute atomic E-state index is 0. The van der Waals surface area contributed by atoms with Crippen LogP contribution in [0.2, 0.25) is 0 Å². The fourth-order valence-electron chi connectivity index (χ4n) is 6.92. The van der Waals surface area contributed by atoms with Crippen molar-refractivity contribution in [3.63, 3.8) is 0 Å². The lowest BCUT2D eigenvalue weighted by atomic mass is 9.48. The molecule has 0 atom stereocenters. The lowest BCUT2D eigenvalue weighted by Gasteiger charge is -2.57. The van der Waals surface area contributed by atoms with Gasteiger partial charge in [0.2, 0.25) is 0 Å². The van der Waals surface area contributed by atoms with Crippen molar-refractivity contribution in [2.24, 2.45) is 17.8 Å². The second-order valence-corrected chi connectivity index (χ2v) is 9.83. The molecule has 6 rings (SSSR count). The Hall–Kier alpha value is -1.26. The summed E-state index contributed by atoms with van der Waals surface area (Å²) in [4.78, 5) is 16.8. The van der Waals surface area contributed by atoms with Crippen LogP contribution in [-0.4, -0.2) is 55.0 Å². The highest BCUT2D eigenvalue weighted by Crippen LogP contribution is 2.60. The average molecular weight is 419 g/mol. The molecule has 0 radical (unpaired) electrons. The highest BCUT2D eigenvalue weighted by molar-refractivity contribution is 5.85. The predicted octanol–water partition coefficient (Wildman–Crippen LogP) is 4.12. The maximum atomic E-state index is 12.4. The van der Waals surface area contributed by atoms with Crippen LogP contribution in [0.1, 0.15) is 51.0 Å². The normalized spacial score (nSPS) is 33.4. The smallest absolute Gasteiger partial charge is 0.260 e. The highest BCUT2D eigenvalue weighted by Gasteiger charge is 2.51. The summed E-state index contributed by atoms with van der Waals surface area (Å²) in [5.41, 5.74) is 1.95. The molecule has 0 N–H and O–H groups in total. The van der Waals surface area contributed by atoms with Crippen LogP contribution in [-0.2, 0) is 10.2 Å².